The molecule has 0 aliphatic rings. The summed E-state index contributed by atoms with van der Waals surface area (Å²) in [7, 11) is 1.39. The standard InChI is InChI=1S/C15H26N2O2/c1-3-4-5-6-7-8-9-10-11-17-13-14(12-16-17)15(18)19-2/h12-13H,3-11H2,1-2H3. The topological polar surface area (TPSA) is 44.1 Å². The van der Waals surface area contributed by atoms with E-state index < -0.39 is 0 Å². The Balaban J connectivity index is 2.06. The molecule has 0 N–H and O–H groups in total. The van der Waals surface area contributed by atoms with E-state index in [1.54, 1.807) is 12.4 Å². The molecule has 19 heavy (non-hydrogen) atoms. The molecule has 0 saturated heterocycles. The van der Waals surface area contributed by atoms with E-state index >= 15 is 0 Å². The van der Waals surface area contributed by atoms with Crippen molar-refractivity contribution >= 4 is 5.97 Å². The summed E-state index contributed by atoms with van der Waals surface area (Å²) in [6, 6.07) is 0. The second-order valence-electron chi connectivity index (χ2n) is 4.96. The molecule has 1 heterocycles. The van der Waals surface area contributed by atoms with Crippen LogP contribution in [0.25, 0.3) is 0 Å². The van der Waals surface area contributed by atoms with Gasteiger partial charge in [0.1, 0.15) is 0 Å². The first-order valence-electron chi connectivity index (χ1n) is 7.38. The van der Waals surface area contributed by atoms with Gasteiger partial charge in [-0.15, -0.1) is 0 Å². The van der Waals surface area contributed by atoms with Crippen LogP contribution < -0.4 is 0 Å². The molecule has 0 fully saturated rings. The minimum absolute atomic E-state index is 0.317. The van der Waals surface area contributed by atoms with E-state index in [9.17, 15) is 4.79 Å². The van der Waals surface area contributed by atoms with Crippen molar-refractivity contribution in [3.05, 3.63) is 18.0 Å². The summed E-state index contributed by atoms with van der Waals surface area (Å²) in [4.78, 5) is 11.3. The number of nitrogens with zero attached hydrogens (tertiary/aromatic N) is 2. The Kier molecular flexibility index (Phi) is 7.94. The fourth-order valence-electron chi connectivity index (χ4n) is 2.12. The number of rotatable bonds is 10. The maximum absolute atomic E-state index is 11.3. The molecule has 1 rings (SSSR count). The van der Waals surface area contributed by atoms with Gasteiger partial charge in [0.2, 0.25) is 0 Å². The maximum Gasteiger partial charge on any atom is 0.341 e. The van der Waals surface area contributed by atoms with Crippen molar-refractivity contribution in [1.29, 1.82) is 0 Å². The third-order valence-corrected chi connectivity index (χ3v) is 3.30. The summed E-state index contributed by atoms with van der Waals surface area (Å²) in [5.41, 5.74) is 0.530. The lowest BCUT2D eigenvalue weighted by molar-refractivity contribution is 0.0600. The van der Waals surface area contributed by atoms with E-state index in [1.807, 2.05) is 4.68 Å². The van der Waals surface area contributed by atoms with Crippen molar-refractivity contribution in [2.45, 2.75) is 64.8 Å². The lowest BCUT2D eigenvalue weighted by Gasteiger charge is -2.02. The van der Waals surface area contributed by atoms with Gasteiger partial charge in [0.05, 0.1) is 18.9 Å². The van der Waals surface area contributed by atoms with Crippen molar-refractivity contribution in [3.8, 4) is 0 Å². The fraction of sp³-hybridized carbons (Fsp3) is 0.733. The number of ether oxygens (including phenoxy) is 1. The zero-order valence-corrected chi connectivity index (χ0v) is 12.2. The highest BCUT2D eigenvalue weighted by atomic mass is 16.5. The Morgan fingerprint density at radius 3 is 2.42 bits per heavy atom. The highest BCUT2D eigenvalue weighted by molar-refractivity contribution is 5.88. The summed E-state index contributed by atoms with van der Waals surface area (Å²) in [5.74, 6) is -0.317. The monoisotopic (exact) mass is 266 g/mol. The molecule has 0 bridgehead atoms. The van der Waals surface area contributed by atoms with Crippen molar-refractivity contribution in [1.82, 2.24) is 9.78 Å². The Hall–Kier alpha value is -1.32. The van der Waals surface area contributed by atoms with Gasteiger partial charge in [-0.3, -0.25) is 4.68 Å². The number of esters is 1. The van der Waals surface area contributed by atoms with Crippen LogP contribution in [0.4, 0.5) is 0 Å². The smallest absolute Gasteiger partial charge is 0.341 e. The summed E-state index contributed by atoms with van der Waals surface area (Å²) in [6.45, 7) is 3.12. The Labute approximate surface area is 116 Å². The van der Waals surface area contributed by atoms with Crippen LogP contribution in [0.3, 0.4) is 0 Å². The molecule has 4 heteroatoms. The number of methoxy groups -OCH3 is 1. The molecule has 0 aromatic carbocycles. The summed E-state index contributed by atoms with van der Waals surface area (Å²) < 4.78 is 6.47. The van der Waals surface area contributed by atoms with Crippen LogP contribution in [0, 0.1) is 0 Å². The first-order valence-corrected chi connectivity index (χ1v) is 7.38. The minimum Gasteiger partial charge on any atom is -0.465 e. The number of carbonyl (C=O) groups is 1. The lowest BCUT2D eigenvalue weighted by Crippen LogP contribution is -2.00. The molecule has 0 radical (unpaired) electrons. The van der Waals surface area contributed by atoms with E-state index in [2.05, 4.69) is 16.8 Å². The highest BCUT2D eigenvalue weighted by Crippen LogP contribution is 2.09. The molecule has 0 atom stereocenters. The van der Waals surface area contributed by atoms with Crippen molar-refractivity contribution in [2.24, 2.45) is 0 Å². The third-order valence-electron chi connectivity index (χ3n) is 3.30. The van der Waals surface area contributed by atoms with Gasteiger partial charge in [0.25, 0.3) is 0 Å². The van der Waals surface area contributed by atoms with Gasteiger partial charge in [-0.1, -0.05) is 51.9 Å². The van der Waals surface area contributed by atoms with E-state index in [-0.39, 0.29) is 5.97 Å². The molecular weight excluding hydrogens is 240 g/mol. The zero-order valence-electron chi connectivity index (χ0n) is 12.2. The number of hydrogen-bond donors (Lipinski definition) is 0. The van der Waals surface area contributed by atoms with Gasteiger partial charge in [0, 0.05) is 12.7 Å². The second kappa shape index (κ2) is 9.59. The molecule has 1 aromatic heterocycles. The van der Waals surface area contributed by atoms with E-state index in [4.69, 9.17) is 0 Å². The van der Waals surface area contributed by atoms with Crippen LogP contribution >= 0.6 is 0 Å². The van der Waals surface area contributed by atoms with Gasteiger partial charge in [0.15, 0.2) is 0 Å². The second-order valence-corrected chi connectivity index (χ2v) is 4.96. The van der Waals surface area contributed by atoms with E-state index in [0.717, 1.165) is 13.0 Å². The SMILES string of the molecule is CCCCCCCCCCn1cc(C(=O)OC)cn1. The third kappa shape index (κ3) is 6.41. The average Bonchev–Trinajstić information content (AvgIpc) is 2.89. The average molecular weight is 266 g/mol. The Morgan fingerprint density at radius 1 is 1.16 bits per heavy atom. The van der Waals surface area contributed by atoms with Gasteiger partial charge in [-0.2, -0.15) is 5.10 Å². The van der Waals surface area contributed by atoms with Crippen LogP contribution in [0.5, 0.6) is 0 Å². The Morgan fingerprint density at radius 2 is 1.79 bits per heavy atom. The molecular formula is C15H26N2O2. The molecule has 0 aliphatic heterocycles. The van der Waals surface area contributed by atoms with E-state index in [0.29, 0.717) is 5.56 Å². The molecule has 0 unspecified atom stereocenters. The van der Waals surface area contributed by atoms with Gasteiger partial charge < -0.3 is 4.74 Å². The summed E-state index contributed by atoms with van der Waals surface area (Å²) in [5, 5.41) is 4.16. The Bertz CT molecular complexity index is 361. The molecule has 1 aromatic rings. The molecule has 0 spiro atoms. The zero-order chi connectivity index (χ0) is 13.9. The van der Waals surface area contributed by atoms with E-state index in [1.165, 1.54) is 52.1 Å². The molecule has 0 saturated carbocycles. The van der Waals surface area contributed by atoms with Crippen molar-refractivity contribution < 1.29 is 9.53 Å². The fourth-order valence-corrected chi connectivity index (χ4v) is 2.12. The molecule has 0 aliphatic carbocycles. The highest BCUT2D eigenvalue weighted by Gasteiger charge is 2.07. The predicted octanol–water partition coefficient (Wildman–Crippen LogP) is 3.81. The number of aryl methyl sites for hydroxylation is 1. The van der Waals surface area contributed by atoms with Crippen LogP contribution in [0.15, 0.2) is 12.4 Å². The normalized spacial score (nSPS) is 10.6. The van der Waals surface area contributed by atoms with Gasteiger partial charge in [-0.25, -0.2) is 4.79 Å². The van der Waals surface area contributed by atoms with Crippen molar-refractivity contribution in [3.63, 3.8) is 0 Å². The lowest BCUT2D eigenvalue weighted by atomic mass is 10.1. The largest absolute Gasteiger partial charge is 0.465 e. The molecule has 108 valence electrons. The van der Waals surface area contributed by atoms with Crippen LogP contribution in [-0.2, 0) is 11.3 Å². The van der Waals surface area contributed by atoms with Crippen molar-refractivity contribution in [2.75, 3.05) is 7.11 Å². The number of hydrogen-bond acceptors (Lipinski definition) is 3. The van der Waals surface area contributed by atoms with Crippen LogP contribution in [0.1, 0.15) is 68.6 Å². The molecule has 0 amide bonds. The maximum atomic E-state index is 11.3. The molecule has 4 nitrogen and oxygen atoms in total. The first-order chi connectivity index (χ1) is 9.27. The van der Waals surface area contributed by atoms with Gasteiger partial charge >= 0.3 is 5.97 Å². The number of aromatic nitrogens is 2. The quantitative estimate of drug-likeness (QED) is 0.478. The van der Waals surface area contributed by atoms with Crippen LogP contribution in [-0.4, -0.2) is 22.9 Å². The predicted molar refractivity (Wildman–Crippen MR) is 76.2 cm³/mol. The van der Waals surface area contributed by atoms with Crippen LogP contribution in [0.2, 0.25) is 0 Å². The summed E-state index contributed by atoms with van der Waals surface area (Å²) >= 11 is 0. The number of unbranched alkanes of at least 4 members (excludes halogenated alkanes) is 7. The number of carbonyl (C=O) groups excluding carboxylic acids is 1. The minimum atomic E-state index is -0.317. The first kappa shape index (κ1) is 15.7. The summed E-state index contributed by atoms with van der Waals surface area (Å²) in [6.07, 6.45) is 13.7. The van der Waals surface area contributed by atoms with Gasteiger partial charge in [-0.05, 0) is 6.42 Å².